The van der Waals surface area contributed by atoms with Crippen LogP contribution in [0, 0.1) is 0 Å². The normalized spacial score (nSPS) is 11.5. The predicted molar refractivity (Wildman–Crippen MR) is 75.0 cm³/mol. The first-order valence-corrected chi connectivity index (χ1v) is 6.81. The largest absolute Gasteiger partial charge is 0.359 e. The van der Waals surface area contributed by atoms with E-state index in [0.29, 0.717) is 0 Å². The first-order valence-electron chi connectivity index (χ1n) is 6.04. The number of anilines is 1. The molecule has 0 atom stereocenters. The fourth-order valence-corrected chi connectivity index (χ4v) is 2.08. The molecule has 0 bridgehead atoms. The van der Waals surface area contributed by atoms with Crippen LogP contribution < -0.4 is 5.32 Å². The Morgan fingerprint density at radius 1 is 1.17 bits per heavy atom. The van der Waals surface area contributed by atoms with Gasteiger partial charge in [0.25, 0.3) is 0 Å². The SMILES string of the molecule is CC(C)(C)c1ccc(CCNc2nnns2)cc1. The molecule has 0 saturated heterocycles. The van der Waals surface area contributed by atoms with Crippen molar-refractivity contribution >= 4 is 16.7 Å². The van der Waals surface area contributed by atoms with Crippen LogP contribution in [0.1, 0.15) is 31.9 Å². The van der Waals surface area contributed by atoms with Gasteiger partial charge in [-0.3, -0.25) is 0 Å². The topological polar surface area (TPSA) is 50.7 Å². The van der Waals surface area contributed by atoms with E-state index in [2.05, 4.69) is 65.2 Å². The highest BCUT2D eigenvalue weighted by atomic mass is 32.1. The van der Waals surface area contributed by atoms with E-state index in [4.69, 9.17) is 0 Å². The molecule has 5 heteroatoms. The third-order valence-electron chi connectivity index (χ3n) is 2.81. The van der Waals surface area contributed by atoms with Crippen LogP contribution in [0.3, 0.4) is 0 Å². The lowest BCUT2D eigenvalue weighted by atomic mass is 9.86. The van der Waals surface area contributed by atoms with E-state index in [1.54, 1.807) is 0 Å². The van der Waals surface area contributed by atoms with Gasteiger partial charge < -0.3 is 5.32 Å². The molecule has 96 valence electrons. The summed E-state index contributed by atoms with van der Waals surface area (Å²) in [5.74, 6) is 0. The van der Waals surface area contributed by atoms with Crippen molar-refractivity contribution < 1.29 is 0 Å². The van der Waals surface area contributed by atoms with Crippen LogP contribution >= 0.6 is 11.5 Å². The third kappa shape index (κ3) is 3.50. The molecule has 2 aromatic rings. The van der Waals surface area contributed by atoms with Gasteiger partial charge in [-0.05, 0) is 28.2 Å². The lowest BCUT2D eigenvalue weighted by molar-refractivity contribution is 0.590. The molecule has 1 aromatic heterocycles. The van der Waals surface area contributed by atoms with Crippen LogP contribution in [-0.4, -0.2) is 21.3 Å². The van der Waals surface area contributed by atoms with Gasteiger partial charge >= 0.3 is 0 Å². The quantitative estimate of drug-likeness (QED) is 0.920. The minimum Gasteiger partial charge on any atom is -0.359 e. The number of hydrogen-bond donors (Lipinski definition) is 1. The van der Waals surface area contributed by atoms with E-state index in [-0.39, 0.29) is 5.41 Å². The predicted octanol–water partition coefficient (Wildman–Crippen LogP) is 2.89. The minimum atomic E-state index is 0.217. The Labute approximate surface area is 112 Å². The van der Waals surface area contributed by atoms with Gasteiger partial charge in [0.15, 0.2) is 0 Å². The molecule has 0 unspecified atom stereocenters. The van der Waals surface area contributed by atoms with Gasteiger partial charge in [0, 0.05) is 18.1 Å². The maximum Gasteiger partial charge on any atom is 0.225 e. The summed E-state index contributed by atoms with van der Waals surface area (Å²) in [6, 6.07) is 8.81. The molecule has 1 aromatic carbocycles. The van der Waals surface area contributed by atoms with Crippen LogP contribution in [-0.2, 0) is 11.8 Å². The zero-order valence-corrected chi connectivity index (χ0v) is 11.8. The molecule has 2 rings (SSSR count). The van der Waals surface area contributed by atoms with Crippen molar-refractivity contribution in [3.8, 4) is 0 Å². The van der Waals surface area contributed by atoms with Crippen molar-refractivity contribution in [3.63, 3.8) is 0 Å². The maximum atomic E-state index is 3.84. The Morgan fingerprint density at radius 3 is 2.44 bits per heavy atom. The molecular weight excluding hydrogens is 244 g/mol. The van der Waals surface area contributed by atoms with Gasteiger partial charge in [-0.25, -0.2) is 0 Å². The Hall–Kier alpha value is -1.49. The molecule has 0 saturated carbocycles. The van der Waals surface area contributed by atoms with E-state index < -0.39 is 0 Å². The van der Waals surface area contributed by atoms with E-state index in [9.17, 15) is 0 Å². The fraction of sp³-hybridized carbons (Fsp3) is 0.462. The summed E-state index contributed by atoms with van der Waals surface area (Å²) >= 11 is 1.28. The van der Waals surface area contributed by atoms with Crippen LogP contribution in [0.2, 0.25) is 0 Å². The molecule has 0 aliphatic carbocycles. The second kappa shape index (κ2) is 5.44. The lowest BCUT2D eigenvalue weighted by Crippen LogP contribution is -2.11. The number of benzene rings is 1. The van der Waals surface area contributed by atoms with Crippen LogP contribution in [0.15, 0.2) is 24.3 Å². The molecule has 0 amide bonds. The van der Waals surface area contributed by atoms with Gasteiger partial charge in [-0.2, -0.15) is 0 Å². The lowest BCUT2D eigenvalue weighted by Gasteiger charge is -2.19. The molecule has 0 radical (unpaired) electrons. The number of aromatic nitrogens is 3. The van der Waals surface area contributed by atoms with Crippen molar-refractivity contribution in [1.29, 1.82) is 0 Å². The molecule has 1 heterocycles. The molecule has 0 spiro atoms. The molecule has 0 fully saturated rings. The van der Waals surface area contributed by atoms with Crippen molar-refractivity contribution in [1.82, 2.24) is 14.8 Å². The van der Waals surface area contributed by atoms with E-state index in [1.165, 1.54) is 22.7 Å². The number of hydrogen-bond acceptors (Lipinski definition) is 5. The summed E-state index contributed by atoms with van der Waals surface area (Å²) in [6.07, 6.45) is 0.976. The highest BCUT2D eigenvalue weighted by molar-refractivity contribution is 7.09. The standard InChI is InChI=1S/C13H18N4S/c1-13(2,3)11-6-4-10(5-7-11)8-9-14-12-15-16-17-18-12/h4-7H,8-9H2,1-3H3,(H,14,15,17). The van der Waals surface area contributed by atoms with Gasteiger partial charge in [0.2, 0.25) is 5.13 Å². The second-order valence-corrected chi connectivity index (χ2v) is 6.02. The van der Waals surface area contributed by atoms with E-state index in [0.717, 1.165) is 18.1 Å². The maximum absolute atomic E-state index is 3.84. The molecule has 0 aliphatic rings. The van der Waals surface area contributed by atoms with E-state index >= 15 is 0 Å². The second-order valence-electron chi connectivity index (χ2n) is 5.29. The smallest absolute Gasteiger partial charge is 0.225 e. The van der Waals surface area contributed by atoms with Gasteiger partial charge in [-0.1, -0.05) is 54.6 Å². The number of nitrogens with zero attached hydrogens (tertiary/aromatic N) is 3. The number of nitrogens with one attached hydrogen (secondary N) is 1. The van der Waals surface area contributed by atoms with Gasteiger partial charge in [0.05, 0.1) is 0 Å². The molecular formula is C13H18N4S. The molecule has 18 heavy (non-hydrogen) atoms. The minimum absolute atomic E-state index is 0.217. The summed E-state index contributed by atoms with van der Waals surface area (Å²) in [5, 5.41) is 11.4. The Balaban J connectivity index is 1.87. The Bertz CT molecular complexity index is 471. The average molecular weight is 262 g/mol. The first-order chi connectivity index (χ1) is 8.55. The van der Waals surface area contributed by atoms with Crippen molar-refractivity contribution in [2.45, 2.75) is 32.6 Å². The van der Waals surface area contributed by atoms with Crippen molar-refractivity contribution in [2.24, 2.45) is 0 Å². The zero-order valence-electron chi connectivity index (χ0n) is 11.0. The van der Waals surface area contributed by atoms with E-state index in [1.807, 2.05) is 0 Å². The fourth-order valence-electron chi connectivity index (χ4n) is 1.69. The average Bonchev–Trinajstić information content (AvgIpc) is 2.82. The summed E-state index contributed by atoms with van der Waals surface area (Å²) in [4.78, 5) is 0. The first kappa shape index (κ1) is 13.0. The summed E-state index contributed by atoms with van der Waals surface area (Å²) < 4.78 is 3.70. The Morgan fingerprint density at radius 2 is 1.89 bits per heavy atom. The van der Waals surface area contributed by atoms with Gasteiger partial charge in [-0.15, -0.1) is 0 Å². The summed E-state index contributed by atoms with van der Waals surface area (Å²) in [5.41, 5.74) is 2.91. The van der Waals surface area contributed by atoms with Crippen molar-refractivity contribution in [2.75, 3.05) is 11.9 Å². The highest BCUT2D eigenvalue weighted by Crippen LogP contribution is 2.22. The van der Waals surface area contributed by atoms with Crippen LogP contribution in [0.4, 0.5) is 5.13 Å². The van der Waals surface area contributed by atoms with Gasteiger partial charge in [0.1, 0.15) is 0 Å². The summed E-state index contributed by atoms with van der Waals surface area (Å²) in [7, 11) is 0. The summed E-state index contributed by atoms with van der Waals surface area (Å²) in [6.45, 7) is 7.54. The number of rotatable bonds is 4. The monoisotopic (exact) mass is 262 g/mol. The van der Waals surface area contributed by atoms with Crippen molar-refractivity contribution in [3.05, 3.63) is 35.4 Å². The highest BCUT2D eigenvalue weighted by Gasteiger charge is 2.12. The zero-order chi connectivity index (χ0) is 13.0. The van der Waals surface area contributed by atoms with Crippen LogP contribution in [0.5, 0.6) is 0 Å². The van der Waals surface area contributed by atoms with Crippen LogP contribution in [0.25, 0.3) is 0 Å². The third-order valence-corrected chi connectivity index (χ3v) is 3.36. The molecule has 0 aliphatic heterocycles. The molecule has 1 N–H and O–H groups in total. The Kier molecular flexibility index (Phi) is 3.91. The molecule has 4 nitrogen and oxygen atoms in total.